The fourth-order valence-electron chi connectivity index (χ4n) is 2.05. The lowest BCUT2D eigenvalue weighted by molar-refractivity contribution is -0.274. The summed E-state index contributed by atoms with van der Waals surface area (Å²) < 4.78 is 45.6. The van der Waals surface area contributed by atoms with Crippen molar-refractivity contribution in [2.75, 3.05) is 5.32 Å². The van der Waals surface area contributed by atoms with Gasteiger partial charge in [0.15, 0.2) is 0 Å². The van der Waals surface area contributed by atoms with E-state index < -0.39 is 6.36 Å². The van der Waals surface area contributed by atoms with Crippen molar-refractivity contribution in [2.45, 2.75) is 6.36 Å². The van der Waals surface area contributed by atoms with Crippen LogP contribution in [0.5, 0.6) is 17.4 Å². The fourth-order valence-corrected chi connectivity index (χ4v) is 2.05. The first-order valence-corrected chi connectivity index (χ1v) is 7.60. The minimum Gasteiger partial charge on any atom is -0.439 e. The molecule has 1 N–H and O–H groups in total. The maximum atomic E-state index is 12.1. The summed E-state index contributed by atoms with van der Waals surface area (Å²) in [6, 6.07) is 11.2. The zero-order valence-corrected chi connectivity index (χ0v) is 13.6. The van der Waals surface area contributed by atoms with Crippen molar-refractivity contribution in [2.24, 2.45) is 0 Å². The SMILES string of the molecule is O=C(Nc1cccnc1)c1ccc(Oc2ccc(OC(F)(F)F)cc2)nc1. The number of halogens is 3. The number of carbonyl (C=O) groups is 1. The second-order valence-electron chi connectivity index (χ2n) is 5.20. The van der Waals surface area contributed by atoms with Gasteiger partial charge in [-0.2, -0.15) is 0 Å². The Morgan fingerprint density at radius 2 is 1.70 bits per heavy atom. The van der Waals surface area contributed by atoms with Gasteiger partial charge in [0.25, 0.3) is 5.91 Å². The number of nitrogens with zero attached hydrogens (tertiary/aromatic N) is 2. The van der Waals surface area contributed by atoms with Gasteiger partial charge < -0.3 is 14.8 Å². The van der Waals surface area contributed by atoms with E-state index in [1.54, 1.807) is 18.3 Å². The molecule has 1 amide bonds. The molecular weight excluding hydrogens is 363 g/mol. The molecule has 0 radical (unpaired) electrons. The summed E-state index contributed by atoms with van der Waals surface area (Å²) in [6.45, 7) is 0. The first kappa shape index (κ1) is 18.2. The van der Waals surface area contributed by atoms with Crippen molar-refractivity contribution >= 4 is 11.6 Å². The lowest BCUT2D eigenvalue weighted by Crippen LogP contribution is -2.16. The number of amides is 1. The summed E-state index contributed by atoms with van der Waals surface area (Å²) in [5, 5.41) is 2.66. The third-order valence-electron chi connectivity index (χ3n) is 3.20. The smallest absolute Gasteiger partial charge is 0.439 e. The highest BCUT2D eigenvalue weighted by Gasteiger charge is 2.30. The van der Waals surface area contributed by atoms with Crippen LogP contribution in [0.3, 0.4) is 0 Å². The van der Waals surface area contributed by atoms with E-state index >= 15 is 0 Å². The lowest BCUT2D eigenvalue weighted by atomic mass is 10.2. The van der Waals surface area contributed by atoms with Crippen LogP contribution in [-0.4, -0.2) is 22.2 Å². The van der Waals surface area contributed by atoms with Crippen LogP contribution in [0.4, 0.5) is 18.9 Å². The Morgan fingerprint density at radius 1 is 0.963 bits per heavy atom. The Bertz CT molecular complexity index is 899. The Balaban J connectivity index is 1.61. The van der Waals surface area contributed by atoms with E-state index in [4.69, 9.17) is 4.74 Å². The molecule has 0 bridgehead atoms. The van der Waals surface area contributed by atoms with Crippen molar-refractivity contribution in [3.63, 3.8) is 0 Å². The number of alkyl halides is 3. The van der Waals surface area contributed by atoms with E-state index in [9.17, 15) is 18.0 Å². The van der Waals surface area contributed by atoms with Crippen molar-refractivity contribution in [3.05, 3.63) is 72.7 Å². The Morgan fingerprint density at radius 3 is 2.30 bits per heavy atom. The molecule has 6 nitrogen and oxygen atoms in total. The number of ether oxygens (including phenoxy) is 2. The highest BCUT2D eigenvalue weighted by molar-refractivity contribution is 6.03. The molecule has 0 aliphatic heterocycles. The van der Waals surface area contributed by atoms with Gasteiger partial charge in [-0.15, -0.1) is 13.2 Å². The number of aromatic nitrogens is 2. The largest absolute Gasteiger partial charge is 0.573 e. The molecule has 0 fully saturated rings. The van der Waals surface area contributed by atoms with E-state index in [2.05, 4.69) is 20.0 Å². The molecule has 138 valence electrons. The number of nitrogens with one attached hydrogen (secondary N) is 1. The normalized spacial score (nSPS) is 10.9. The average molecular weight is 375 g/mol. The molecule has 0 unspecified atom stereocenters. The molecule has 0 aliphatic carbocycles. The molecule has 3 aromatic rings. The Hall–Kier alpha value is -3.62. The third kappa shape index (κ3) is 5.43. The van der Waals surface area contributed by atoms with E-state index in [1.807, 2.05) is 0 Å². The number of anilines is 1. The van der Waals surface area contributed by atoms with Gasteiger partial charge >= 0.3 is 6.36 Å². The van der Waals surface area contributed by atoms with Crippen LogP contribution >= 0.6 is 0 Å². The lowest BCUT2D eigenvalue weighted by Gasteiger charge is -2.10. The zero-order chi connectivity index (χ0) is 19.3. The van der Waals surface area contributed by atoms with Crippen molar-refractivity contribution < 1.29 is 27.4 Å². The topological polar surface area (TPSA) is 73.3 Å². The standard InChI is InChI=1S/C18H12F3N3O3/c19-18(20,21)27-15-6-4-14(5-7-15)26-16-8-3-12(10-23-16)17(25)24-13-2-1-9-22-11-13/h1-11H,(H,24,25). The fraction of sp³-hybridized carbons (Fsp3) is 0.0556. The summed E-state index contributed by atoms with van der Waals surface area (Å²) in [5.74, 6) is -0.275. The number of hydrogen-bond acceptors (Lipinski definition) is 5. The molecule has 0 spiro atoms. The van der Waals surface area contributed by atoms with Crippen LogP contribution < -0.4 is 14.8 Å². The highest BCUT2D eigenvalue weighted by Crippen LogP contribution is 2.26. The summed E-state index contributed by atoms with van der Waals surface area (Å²) in [4.78, 5) is 20.0. The quantitative estimate of drug-likeness (QED) is 0.715. The maximum absolute atomic E-state index is 12.1. The van der Waals surface area contributed by atoms with Gasteiger partial charge in [0, 0.05) is 18.5 Å². The van der Waals surface area contributed by atoms with E-state index in [0.29, 0.717) is 11.3 Å². The first-order valence-electron chi connectivity index (χ1n) is 7.60. The summed E-state index contributed by atoms with van der Waals surface area (Å²) in [6.07, 6.45) is -0.335. The second kappa shape index (κ2) is 7.73. The number of hydrogen-bond donors (Lipinski definition) is 1. The monoisotopic (exact) mass is 375 g/mol. The highest BCUT2D eigenvalue weighted by atomic mass is 19.4. The molecular formula is C18H12F3N3O3. The van der Waals surface area contributed by atoms with Gasteiger partial charge in [-0.3, -0.25) is 9.78 Å². The zero-order valence-electron chi connectivity index (χ0n) is 13.6. The predicted octanol–water partition coefficient (Wildman–Crippen LogP) is 4.42. The maximum Gasteiger partial charge on any atom is 0.573 e. The van der Waals surface area contributed by atoms with Crippen LogP contribution in [0.1, 0.15) is 10.4 Å². The van der Waals surface area contributed by atoms with Crippen molar-refractivity contribution in [3.8, 4) is 17.4 Å². The van der Waals surface area contributed by atoms with Crippen LogP contribution in [0.25, 0.3) is 0 Å². The van der Waals surface area contributed by atoms with Crippen LogP contribution in [-0.2, 0) is 0 Å². The molecule has 2 heterocycles. The van der Waals surface area contributed by atoms with Gasteiger partial charge in [-0.05, 0) is 42.5 Å². The number of benzene rings is 1. The molecule has 3 rings (SSSR count). The second-order valence-corrected chi connectivity index (χ2v) is 5.20. The van der Waals surface area contributed by atoms with Gasteiger partial charge in [0.2, 0.25) is 5.88 Å². The number of pyridine rings is 2. The van der Waals surface area contributed by atoms with Crippen molar-refractivity contribution in [1.29, 1.82) is 0 Å². The van der Waals surface area contributed by atoms with Gasteiger partial charge in [-0.1, -0.05) is 0 Å². The predicted molar refractivity (Wildman–Crippen MR) is 89.6 cm³/mol. The summed E-state index contributed by atoms with van der Waals surface area (Å²) in [5.41, 5.74) is 0.851. The van der Waals surface area contributed by atoms with Gasteiger partial charge in [-0.25, -0.2) is 4.98 Å². The van der Waals surface area contributed by atoms with Gasteiger partial charge in [0.05, 0.1) is 17.4 Å². The van der Waals surface area contributed by atoms with E-state index in [1.165, 1.54) is 36.7 Å². The van der Waals surface area contributed by atoms with Crippen LogP contribution in [0.2, 0.25) is 0 Å². The molecule has 0 saturated carbocycles. The molecule has 0 saturated heterocycles. The average Bonchev–Trinajstić information content (AvgIpc) is 2.63. The molecule has 9 heteroatoms. The van der Waals surface area contributed by atoms with E-state index in [0.717, 1.165) is 12.1 Å². The minimum atomic E-state index is -4.75. The first-order chi connectivity index (χ1) is 12.9. The Kier molecular flexibility index (Phi) is 5.20. The van der Waals surface area contributed by atoms with Crippen molar-refractivity contribution in [1.82, 2.24) is 9.97 Å². The van der Waals surface area contributed by atoms with Crippen LogP contribution in [0.15, 0.2) is 67.1 Å². The minimum absolute atomic E-state index is 0.178. The molecule has 1 aromatic carbocycles. The Labute approximate surface area is 151 Å². The molecule has 0 atom stereocenters. The number of carbonyl (C=O) groups excluding carboxylic acids is 1. The molecule has 2 aromatic heterocycles. The number of rotatable bonds is 5. The summed E-state index contributed by atoms with van der Waals surface area (Å²) in [7, 11) is 0. The van der Waals surface area contributed by atoms with Gasteiger partial charge in [0.1, 0.15) is 11.5 Å². The molecule has 27 heavy (non-hydrogen) atoms. The van der Waals surface area contributed by atoms with E-state index in [-0.39, 0.29) is 23.3 Å². The molecule has 0 aliphatic rings. The third-order valence-corrected chi connectivity index (χ3v) is 3.20. The summed E-state index contributed by atoms with van der Waals surface area (Å²) >= 11 is 0. The van der Waals surface area contributed by atoms with Crippen LogP contribution in [0, 0.1) is 0 Å².